The third-order valence-corrected chi connectivity index (χ3v) is 5.00. The first kappa shape index (κ1) is 20.3. The second kappa shape index (κ2) is 10.2. The van der Waals surface area contributed by atoms with Gasteiger partial charge in [-0.2, -0.15) is 5.10 Å². The van der Waals surface area contributed by atoms with E-state index in [9.17, 15) is 0 Å². The SMILES string of the molecule is CN=C(NCc1ccnc(-n2cccn2)c1)NCC(C(C)C)N1CCOCC1. The van der Waals surface area contributed by atoms with Crippen LogP contribution in [0.3, 0.4) is 0 Å². The normalized spacial score (nSPS) is 16.9. The lowest BCUT2D eigenvalue weighted by Gasteiger charge is -2.37. The topological polar surface area (TPSA) is 79.6 Å². The van der Waals surface area contributed by atoms with Crippen molar-refractivity contribution in [2.75, 3.05) is 39.9 Å². The summed E-state index contributed by atoms with van der Waals surface area (Å²) in [6.07, 6.45) is 5.44. The van der Waals surface area contributed by atoms with Crippen LogP contribution in [0.4, 0.5) is 0 Å². The van der Waals surface area contributed by atoms with Gasteiger partial charge in [-0.05, 0) is 29.7 Å². The Hall–Kier alpha value is -2.45. The molecule has 1 unspecified atom stereocenters. The van der Waals surface area contributed by atoms with Gasteiger partial charge < -0.3 is 15.4 Å². The maximum atomic E-state index is 5.49. The molecule has 3 heterocycles. The van der Waals surface area contributed by atoms with E-state index in [2.05, 4.69) is 44.5 Å². The number of aromatic nitrogens is 3. The van der Waals surface area contributed by atoms with E-state index in [-0.39, 0.29) is 0 Å². The summed E-state index contributed by atoms with van der Waals surface area (Å²) in [6, 6.07) is 6.36. The number of pyridine rings is 1. The first-order valence-electron chi connectivity index (χ1n) is 9.88. The molecule has 0 radical (unpaired) electrons. The van der Waals surface area contributed by atoms with Gasteiger partial charge in [-0.3, -0.25) is 9.89 Å². The van der Waals surface area contributed by atoms with Crippen LogP contribution >= 0.6 is 0 Å². The second-order valence-electron chi connectivity index (χ2n) is 7.24. The molecule has 0 aromatic carbocycles. The number of aliphatic imine (C=N–C) groups is 1. The maximum absolute atomic E-state index is 5.49. The molecule has 28 heavy (non-hydrogen) atoms. The molecular formula is C20H31N7O. The molecule has 8 nitrogen and oxygen atoms in total. The van der Waals surface area contributed by atoms with Gasteiger partial charge in [-0.15, -0.1) is 0 Å². The maximum Gasteiger partial charge on any atom is 0.191 e. The highest BCUT2D eigenvalue weighted by molar-refractivity contribution is 5.79. The Morgan fingerprint density at radius 1 is 1.25 bits per heavy atom. The number of ether oxygens (including phenoxy) is 1. The predicted molar refractivity (Wildman–Crippen MR) is 111 cm³/mol. The summed E-state index contributed by atoms with van der Waals surface area (Å²) in [4.78, 5) is 11.2. The Labute approximate surface area is 167 Å². The van der Waals surface area contributed by atoms with Crippen molar-refractivity contribution < 1.29 is 4.74 Å². The molecule has 152 valence electrons. The van der Waals surface area contributed by atoms with Gasteiger partial charge in [-0.25, -0.2) is 9.67 Å². The zero-order valence-corrected chi connectivity index (χ0v) is 17.0. The van der Waals surface area contributed by atoms with E-state index in [1.54, 1.807) is 24.1 Å². The molecule has 3 rings (SSSR count). The Bertz CT molecular complexity index is 739. The molecule has 0 aliphatic carbocycles. The predicted octanol–water partition coefficient (Wildman–Crippen LogP) is 1.29. The van der Waals surface area contributed by atoms with Gasteiger partial charge in [0.15, 0.2) is 11.8 Å². The van der Waals surface area contributed by atoms with Crippen LogP contribution in [-0.4, -0.2) is 71.6 Å². The van der Waals surface area contributed by atoms with Gasteiger partial charge in [0.2, 0.25) is 0 Å². The first-order valence-corrected chi connectivity index (χ1v) is 9.88. The minimum Gasteiger partial charge on any atom is -0.379 e. The molecule has 1 aliphatic heterocycles. The van der Waals surface area contributed by atoms with Gasteiger partial charge in [0, 0.05) is 57.9 Å². The van der Waals surface area contributed by atoms with Crippen LogP contribution < -0.4 is 10.6 Å². The quantitative estimate of drug-likeness (QED) is 0.552. The fraction of sp³-hybridized carbons (Fsp3) is 0.550. The third-order valence-electron chi connectivity index (χ3n) is 5.00. The first-order chi connectivity index (χ1) is 13.7. The van der Waals surface area contributed by atoms with Gasteiger partial charge in [0.1, 0.15) is 0 Å². The van der Waals surface area contributed by atoms with Crippen molar-refractivity contribution in [3.8, 4) is 5.82 Å². The standard InChI is InChI=1S/C20H31N7O/c1-16(2)18(26-9-11-28-12-10-26)15-24-20(21-3)23-14-17-5-7-22-19(13-17)27-8-4-6-25-27/h4-8,13,16,18H,9-12,14-15H2,1-3H3,(H2,21,23,24). The monoisotopic (exact) mass is 385 g/mol. The number of hydrogen-bond donors (Lipinski definition) is 2. The zero-order chi connectivity index (χ0) is 19.8. The van der Waals surface area contributed by atoms with E-state index >= 15 is 0 Å². The number of morpholine rings is 1. The smallest absolute Gasteiger partial charge is 0.191 e. The van der Waals surface area contributed by atoms with Crippen molar-refractivity contribution in [3.05, 3.63) is 42.4 Å². The molecule has 8 heteroatoms. The van der Waals surface area contributed by atoms with Gasteiger partial charge in [0.25, 0.3) is 0 Å². The number of nitrogens with zero attached hydrogens (tertiary/aromatic N) is 5. The highest BCUT2D eigenvalue weighted by Crippen LogP contribution is 2.12. The summed E-state index contributed by atoms with van der Waals surface area (Å²) in [5, 5.41) is 11.1. The fourth-order valence-corrected chi connectivity index (χ4v) is 3.40. The summed E-state index contributed by atoms with van der Waals surface area (Å²) in [5.41, 5.74) is 1.12. The lowest BCUT2D eigenvalue weighted by Crippen LogP contribution is -2.52. The van der Waals surface area contributed by atoms with Crippen LogP contribution in [0.5, 0.6) is 0 Å². The summed E-state index contributed by atoms with van der Waals surface area (Å²) >= 11 is 0. The van der Waals surface area contributed by atoms with Crippen molar-refractivity contribution >= 4 is 5.96 Å². The van der Waals surface area contributed by atoms with Crippen molar-refractivity contribution in [1.29, 1.82) is 0 Å². The highest BCUT2D eigenvalue weighted by Gasteiger charge is 2.23. The molecule has 0 bridgehead atoms. The summed E-state index contributed by atoms with van der Waals surface area (Å²) in [5.74, 6) is 2.16. The van der Waals surface area contributed by atoms with E-state index in [1.807, 2.05) is 24.4 Å². The molecule has 1 atom stereocenters. The number of nitrogens with one attached hydrogen (secondary N) is 2. The van der Waals surface area contributed by atoms with Gasteiger partial charge in [-0.1, -0.05) is 13.8 Å². The lowest BCUT2D eigenvalue weighted by atomic mass is 10.0. The summed E-state index contributed by atoms with van der Waals surface area (Å²) < 4.78 is 7.25. The number of hydrogen-bond acceptors (Lipinski definition) is 5. The largest absolute Gasteiger partial charge is 0.379 e. The van der Waals surface area contributed by atoms with Crippen LogP contribution in [0.25, 0.3) is 5.82 Å². The molecule has 0 spiro atoms. The molecular weight excluding hydrogens is 354 g/mol. The van der Waals surface area contributed by atoms with E-state index in [0.29, 0.717) is 18.5 Å². The van der Waals surface area contributed by atoms with E-state index < -0.39 is 0 Å². The Kier molecular flexibility index (Phi) is 7.39. The molecule has 2 aromatic heterocycles. The summed E-state index contributed by atoms with van der Waals surface area (Å²) in [7, 11) is 1.80. The van der Waals surface area contributed by atoms with Crippen LogP contribution in [0.2, 0.25) is 0 Å². The molecule has 0 amide bonds. The van der Waals surface area contributed by atoms with Crippen LogP contribution in [-0.2, 0) is 11.3 Å². The van der Waals surface area contributed by atoms with Crippen molar-refractivity contribution in [1.82, 2.24) is 30.3 Å². The van der Waals surface area contributed by atoms with Crippen LogP contribution in [0.15, 0.2) is 41.8 Å². The number of rotatable bonds is 7. The third kappa shape index (κ3) is 5.53. The highest BCUT2D eigenvalue weighted by atomic mass is 16.5. The minimum atomic E-state index is 0.454. The van der Waals surface area contributed by atoms with E-state index in [0.717, 1.165) is 50.2 Å². The average molecular weight is 386 g/mol. The average Bonchev–Trinajstić information content (AvgIpc) is 3.26. The molecule has 1 saturated heterocycles. The van der Waals surface area contributed by atoms with Gasteiger partial charge >= 0.3 is 0 Å². The Morgan fingerprint density at radius 2 is 2.07 bits per heavy atom. The number of guanidine groups is 1. The Balaban J connectivity index is 1.53. The van der Waals surface area contributed by atoms with Crippen molar-refractivity contribution in [3.63, 3.8) is 0 Å². The second-order valence-corrected chi connectivity index (χ2v) is 7.24. The molecule has 1 aliphatic rings. The van der Waals surface area contributed by atoms with E-state index in [1.165, 1.54) is 0 Å². The Morgan fingerprint density at radius 3 is 2.75 bits per heavy atom. The minimum absolute atomic E-state index is 0.454. The van der Waals surface area contributed by atoms with Crippen molar-refractivity contribution in [2.24, 2.45) is 10.9 Å². The molecule has 0 saturated carbocycles. The van der Waals surface area contributed by atoms with E-state index in [4.69, 9.17) is 4.74 Å². The zero-order valence-electron chi connectivity index (χ0n) is 17.0. The van der Waals surface area contributed by atoms with Crippen molar-refractivity contribution in [2.45, 2.75) is 26.4 Å². The molecule has 1 fully saturated rings. The molecule has 2 N–H and O–H groups in total. The van der Waals surface area contributed by atoms with Crippen LogP contribution in [0, 0.1) is 5.92 Å². The lowest BCUT2D eigenvalue weighted by molar-refractivity contribution is 0.00752. The van der Waals surface area contributed by atoms with Gasteiger partial charge in [0.05, 0.1) is 13.2 Å². The summed E-state index contributed by atoms with van der Waals surface area (Å²) in [6.45, 7) is 9.67. The molecule has 2 aromatic rings. The fourth-order valence-electron chi connectivity index (χ4n) is 3.40. The van der Waals surface area contributed by atoms with Crippen LogP contribution in [0.1, 0.15) is 19.4 Å².